The molecule has 1 aromatic rings. The lowest BCUT2D eigenvalue weighted by molar-refractivity contribution is -0.145. The molecule has 584 valence electrons. The third-order valence-corrected chi connectivity index (χ3v) is 18.1. The van der Waals surface area contributed by atoms with Crippen LogP contribution in [0.4, 0.5) is 0 Å². The molecule has 1 aromatic heterocycles. The molecule has 0 spiro atoms. The number of nitrogens with one attached hydrogen (secondary N) is 10. The van der Waals surface area contributed by atoms with Gasteiger partial charge >= 0.3 is 5.97 Å². The standard InChI is InChI=1S/C63H107N23O16S.CH4/c1-34(2)28-42(81-52(92)39(13-7-22-72-62(67)68)78-58(98)47-17-11-26-86(47)59(99)40(14-8-23-73-63(69)70)79-50(90)37(65)18-19-48(66)88)53(93)83-44(32-87)55(95)82-43(29-36-30-71-33-75-36)54(94)77-38(12-5-6-21-64)51(91)74-31-49(89)84-24-9-15-45(84)57(97)80-41(20-27-103-4)60(100)85-25-10-16-46(85)56(96)76-35(3)61(101)102;/h30,33-35,37-47,87H,5-29,31-32,64-65H2,1-4H3,(H2,66,88)(H,71,75)(H,74,91)(H,76,96)(H,77,94)(H,78,98)(H,79,90)(H,80,97)(H,81,92)(H,82,95)(H,83,93)(H,101,102)(H4,67,68,72)(H4,69,70,73);1H4/t35-,37-,38-,39-,40-,41-,42-,43-,44-,45-,46-,47-;/m0./s1. The lowest BCUT2D eigenvalue weighted by atomic mass is 10.0. The fourth-order valence-corrected chi connectivity index (χ4v) is 12.4. The summed E-state index contributed by atoms with van der Waals surface area (Å²) in [5.74, 6) is -11.6. The Hall–Kier alpha value is -9.44. The Morgan fingerprint density at radius 3 is 1.57 bits per heavy atom. The van der Waals surface area contributed by atoms with E-state index < -0.39 is 168 Å². The number of imidazole rings is 1. The van der Waals surface area contributed by atoms with Gasteiger partial charge in [-0.2, -0.15) is 11.8 Å². The number of carboxylic acid groups (broad SMARTS) is 1. The Bertz CT molecular complexity index is 3120. The number of aromatic nitrogens is 2. The number of amides is 13. The van der Waals surface area contributed by atoms with Gasteiger partial charge in [-0.15, -0.1) is 0 Å². The number of guanidine groups is 2. The maximum Gasteiger partial charge on any atom is 0.325 e. The monoisotopic (exact) mass is 1490 g/mol. The van der Waals surface area contributed by atoms with E-state index in [1.165, 1.54) is 45.9 Å². The number of aliphatic carboxylic acids is 1. The zero-order valence-corrected chi connectivity index (χ0v) is 59.8. The zero-order valence-electron chi connectivity index (χ0n) is 59.0. The summed E-state index contributed by atoms with van der Waals surface area (Å²) in [5.41, 5.74) is 39.5. The summed E-state index contributed by atoms with van der Waals surface area (Å²) in [4.78, 5) is 210. The number of carbonyl (C=O) groups is 14. The molecule has 13 amide bonds. The van der Waals surface area contributed by atoms with Crippen molar-refractivity contribution in [3.63, 3.8) is 0 Å². The van der Waals surface area contributed by atoms with Crippen LogP contribution < -0.4 is 88.0 Å². The molecule has 12 atom stereocenters. The zero-order chi connectivity index (χ0) is 76.5. The number of carbonyl (C=O) groups excluding carboxylic acids is 13. The van der Waals surface area contributed by atoms with Crippen LogP contribution in [-0.4, -0.2) is 266 Å². The van der Waals surface area contributed by atoms with Gasteiger partial charge in [-0.25, -0.2) is 4.98 Å². The predicted molar refractivity (Wildman–Crippen MR) is 384 cm³/mol. The summed E-state index contributed by atoms with van der Waals surface area (Å²) in [6.07, 6.45) is 6.78. The van der Waals surface area contributed by atoms with E-state index in [-0.39, 0.29) is 148 Å². The number of aromatic amines is 1. The van der Waals surface area contributed by atoms with E-state index in [9.17, 15) is 77.3 Å². The number of thioether (sulfide) groups is 1. The minimum absolute atomic E-state index is 0. The highest BCUT2D eigenvalue weighted by molar-refractivity contribution is 7.98. The summed E-state index contributed by atoms with van der Waals surface area (Å²) < 4.78 is 0. The van der Waals surface area contributed by atoms with Gasteiger partial charge in [0.2, 0.25) is 76.8 Å². The molecule has 3 aliphatic heterocycles. The van der Waals surface area contributed by atoms with Gasteiger partial charge in [0.25, 0.3) is 0 Å². The van der Waals surface area contributed by atoms with Crippen molar-refractivity contribution in [1.29, 1.82) is 0 Å². The van der Waals surface area contributed by atoms with Crippen molar-refractivity contribution in [3.05, 3.63) is 18.2 Å². The highest BCUT2D eigenvalue weighted by Crippen LogP contribution is 2.24. The molecule has 3 aliphatic rings. The van der Waals surface area contributed by atoms with Crippen LogP contribution in [0.25, 0.3) is 0 Å². The van der Waals surface area contributed by atoms with Crippen LogP contribution in [0.1, 0.15) is 143 Å². The molecule has 3 fully saturated rings. The first-order valence-electron chi connectivity index (χ1n) is 34.7. The molecule has 0 aliphatic carbocycles. The van der Waals surface area contributed by atoms with Gasteiger partial charge in [0.1, 0.15) is 66.5 Å². The average molecular weight is 1490 g/mol. The van der Waals surface area contributed by atoms with Crippen LogP contribution >= 0.6 is 11.8 Å². The number of primary amides is 1. The van der Waals surface area contributed by atoms with Crippen molar-refractivity contribution in [2.24, 2.45) is 56.0 Å². The maximum atomic E-state index is 14.5. The number of H-pyrrole nitrogens is 1. The largest absolute Gasteiger partial charge is 0.480 e. The number of nitrogens with two attached hydrogens (primary N) is 7. The van der Waals surface area contributed by atoms with Gasteiger partial charge in [0.05, 0.1) is 25.5 Å². The van der Waals surface area contributed by atoms with E-state index in [1.54, 1.807) is 13.8 Å². The second-order valence-corrected chi connectivity index (χ2v) is 27.0. The molecule has 0 aromatic carbocycles. The van der Waals surface area contributed by atoms with E-state index in [0.717, 1.165) is 0 Å². The van der Waals surface area contributed by atoms with Crippen LogP contribution in [0, 0.1) is 5.92 Å². The molecule has 39 nitrogen and oxygen atoms in total. The Labute approximate surface area is 608 Å². The van der Waals surface area contributed by atoms with Crippen molar-refractivity contribution in [2.45, 2.75) is 216 Å². The number of nitrogens with zero attached hydrogens (tertiary/aromatic N) is 6. The molecule has 3 saturated heterocycles. The number of hydrogen-bond donors (Lipinski definition) is 19. The van der Waals surface area contributed by atoms with Crippen molar-refractivity contribution in [2.75, 3.05) is 64.4 Å². The first-order chi connectivity index (χ1) is 48.9. The number of rotatable bonds is 45. The molecule has 0 bridgehead atoms. The number of hydrogen-bond acceptors (Lipinski definition) is 21. The van der Waals surface area contributed by atoms with Gasteiger partial charge < -0.3 is 118 Å². The average Bonchev–Trinajstić information content (AvgIpc) is 1.66. The van der Waals surface area contributed by atoms with E-state index in [2.05, 4.69) is 67.8 Å². The highest BCUT2D eigenvalue weighted by Gasteiger charge is 2.43. The van der Waals surface area contributed by atoms with E-state index in [1.807, 2.05) is 6.26 Å². The number of aliphatic hydroxyl groups is 1. The normalized spacial score (nSPS) is 18.0. The molecule has 40 heteroatoms. The lowest BCUT2D eigenvalue weighted by Gasteiger charge is -2.31. The van der Waals surface area contributed by atoms with Crippen molar-refractivity contribution in [3.8, 4) is 0 Å². The van der Waals surface area contributed by atoms with Crippen molar-refractivity contribution in [1.82, 2.24) is 72.5 Å². The number of aliphatic imine (C=N–C) groups is 2. The van der Waals surface area contributed by atoms with Crippen LogP contribution in [0.5, 0.6) is 0 Å². The quantitative estimate of drug-likeness (QED) is 0.0164. The Morgan fingerprint density at radius 2 is 1.05 bits per heavy atom. The van der Waals surface area contributed by atoms with Gasteiger partial charge in [-0.1, -0.05) is 21.3 Å². The second-order valence-electron chi connectivity index (χ2n) is 26.0. The van der Waals surface area contributed by atoms with Crippen molar-refractivity contribution >= 4 is 106 Å². The second kappa shape index (κ2) is 45.6. The smallest absolute Gasteiger partial charge is 0.325 e. The lowest BCUT2D eigenvalue weighted by Crippen LogP contribution is -2.61. The first kappa shape index (κ1) is 88.8. The van der Waals surface area contributed by atoms with E-state index in [4.69, 9.17) is 40.1 Å². The molecule has 4 heterocycles. The summed E-state index contributed by atoms with van der Waals surface area (Å²) in [6, 6.07) is -15.4. The maximum absolute atomic E-state index is 14.5. The van der Waals surface area contributed by atoms with Gasteiger partial charge in [-0.05, 0) is 134 Å². The van der Waals surface area contributed by atoms with Crippen LogP contribution in [0.15, 0.2) is 22.5 Å². The van der Waals surface area contributed by atoms with Crippen LogP contribution in [0.2, 0.25) is 0 Å². The summed E-state index contributed by atoms with van der Waals surface area (Å²) >= 11 is 1.42. The van der Waals surface area contributed by atoms with Crippen molar-refractivity contribution < 1.29 is 77.3 Å². The molecular weight excluding hydrogens is 1380 g/mol. The number of unbranched alkanes of at least 4 members (excludes halogenated alkanes) is 1. The third-order valence-electron chi connectivity index (χ3n) is 17.4. The molecule has 0 radical (unpaired) electrons. The van der Waals surface area contributed by atoms with E-state index in [0.29, 0.717) is 43.6 Å². The first-order valence-corrected chi connectivity index (χ1v) is 36.1. The summed E-state index contributed by atoms with van der Waals surface area (Å²) in [7, 11) is 0. The van der Waals surface area contributed by atoms with Gasteiger partial charge in [0, 0.05) is 57.5 Å². The van der Waals surface area contributed by atoms with E-state index >= 15 is 0 Å². The Kier molecular flexibility index (Phi) is 38.9. The predicted octanol–water partition coefficient (Wildman–Crippen LogP) is -6.72. The molecule has 4 rings (SSSR count). The molecule has 104 heavy (non-hydrogen) atoms. The van der Waals surface area contributed by atoms with Gasteiger partial charge in [-0.3, -0.25) is 77.1 Å². The summed E-state index contributed by atoms with van der Waals surface area (Å²) in [6.45, 7) is 3.80. The fourth-order valence-electron chi connectivity index (χ4n) is 11.9. The fraction of sp³-hybridized carbons (Fsp3) is 0.703. The van der Waals surface area contributed by atoms with Crippen LogP contribution in [0.3, 0.4) is 0 Å². The summed E-state index contributed by atoms with van der Waals surface area (Å²) in [5, 5.41) is 43.4. The highest BCUT2D eigenvalue weighted by atomic mass is 32.2. The number of carboxylic acids is 1. The third kappa shape index (κ3) is 29.4. The Balaban J connectivity index is 0.0000281. The minimum atomic E-state index is -1.78. The molecule has 0 saturated carbocycles. The molecule has 26 N–H and O–H groups in total. The topological polar surface area (TPSA) is 633 Å². The SMILES string of the molecule is C.CSCC[C@H](NC(=O)[C@@H]1CCCN1C(=O)CNC(=O)[C@H](CCCCN)NC(=O)[C@H](Cc1cnc[nH]1)NC(=O)[C@H](CO)NC(=O)[C@H](CC(C)C)NC(=O)[C@H](CCCN=C(N)N)NC(=O)[C@@H]1CCCN1C(=O)[C@H](CCCN=C(N)N)NC(=O)[C@@H](N)CCC(N)=O)C(=O)N1CCC[C@H]1C(=O)N[C@@H](C)C(=O)O. The van der Waals surface area contributed by atoms with Crippen LogP contribution in [-0.2, 0) is 73.5 Å². The number of likely N-dealkylation sites (tertiary alicyclic amines) is 3. The van der Waals surface area contributed by atoms with Gasteiger partial charge in [0.15, 0.2) is 11.9 Å². The minimum Gasteiger partial charge on any atom is -0.480 e. The molecule has 0 unspecified atom stereocenters. The Morgan fingerprint density at radius 1 is 0.587 bits per heavy atom. The molecular formula is C64H111N23O16S. The number of aliphatic hydroxyl groups excluding tert-OH is 1.